The van der Waals surface area contributed by atoms with Crippen molar-refractivity contribution < 1.29 is 4.79 Å². The van der Waals surface area contributed by atoms with Gasteiger partial charge in [-0.15, -0.1) is 0 Å². The van der Waals surface area contributed by atoms with Gasteiger partial charge in [0.1, 0.15) is 11.5 Å². The molecule has 0 aliphatic carbocycles. The molecule has 6 heteroatoms. The van der Waals surface area contributed by atoms with E-state index in [1.165, 1.54) is 0 Å². The first-order chi connectivity index (χ1) is 12.2. The van der Waals surface area contributed by atoms with Gasteiger partial charge >= 0.3 is 0 Å². The lowest BCUT2D eigenvalue weighted by Gasteiger charge is -2.34. The number of carbonyl (C=O) groups is 1. The maximum atomic E-state index is 12.5. The summed E-state index contributed by atoms with van der Waals surface area (Å²) in [6.45, 7) is 3.94. The molecule has 4 rings (SSSR count). The molecular weight excluding hydrogens is 314 g/mol. The lowest BCUT2D eigenvalue weighted by molar-refractivity contribution is 0.0619. The van der Waals surface area contributed by atoms with Crippen molar-refractivity contribution in [2.24, 2.45) is 7.05 Å². The normalized spacial score (nSPS) is 15.6. The van der Waals surface area contributed by atoms with Crippen LogP contribution >= 0.6 is 0 Å². The number of nitrogens with zero attached hydrogens (tertiary/aromatic N) is 5. The number of aryl methyl sites for hydroxylation is 1. The number of pyridine rings is 1. The van der Waals surface area contributed by atoms with Gasteiger partial charge in [0.05, 0.1) is 17.6 Å². The van der Waals surface area contributed by atoms with E-state index in [0.29, 0.717) is 5.69 Å². The van der Waals surface area contributed by atoms with Crippen LogP contribution in [0, 0.1) is 0 Å². The summed E-state index contributed by atoms with van der Waals surface area (Å²) in [5.74, 6) is 1.08. The highest BCUT2D eigenvalue weighted by atomic mass is 16.2. The zero-order valence-corrected chi connectivity index (χ0v) is 14.3. The monoisotopic (exact) mass is 335 g/mol. The molecule has 0 unspecified atom stereocenters. The summed E-state index contributed by atoms with van der Waals surface area (Å²) in [5.41, 5.74) is 2.71. The molecule has 1 aliphatic rings. The van der Waals surface area contributed by atoms with E-state index in [-0.39, 0.29) is 5.91 Å². The zero-order chi connectivity index (χ0) is 17.2. The van der Waals surface area contributed by atoms with Crippen LogP contribution in [-0.2, 0) is 13.6 Å². The van der Waals surface area contributed by atoms with Crippen LogP contribution in [0.1, 0.15) is 16.3 Å². The van der Waals surface area contributed by atoms with E-state index in [1.807, 2.05) is 35.2 Å². The van der Waals surface area contributed by atoms with Crippen LogP contribution < -0.4 is 0 Å². The van der Waals surface area contributed by atoms with E-state index in [9.17, 15) is 4.79 Å². The van der Waals surface area contributed by atoms with E-state index in [1.54, 1.807) is 12.3 Å². The molecule has 6 nitrogen and oxygen atoms in total. The van der Waals surface area contributed by atoms with Gasteiger partial charge in [-0.3, -0.25) is 14.7 Å². The molecule has 0 atom stereocenters. The van der Waals surface area contributed by atoms with Gasteiger partial charge in [0.15, 0.2) is 0 Å². The summed E-state index contributed by atoms with van der Waals surface area (Å²) in [6.07, 6.45) is 1.66. The Morgan fingerprint density at radius 3 is 2.52 bits per heavy atom. The zero-order valence-electron chi connectivity index (χ0n) is 14.3. The second-order valence-corrected chi connectivity index (χ2v) is 6.36. The number of imidazole rings is 1. The Bertz CT molecular complexity index is 881. The molecule has 25 heavy (non-hydrogen) atoms. The molecule has 1 amide bonds. The summed E-state index contributed by atoms with van der Waals surface area (Å²) in [7, 11) is 2.06. The quantitative estimate of drug-likeness (QED) is 0.734. The Labute approximate surface area is 146 Å². The number of benzene rings is 1. The lowest BCUT2D eigenvalue weighted by atomic mass is 10.2. The van der Waals surface area contributed by atoms with Crippen molar-refractivity contribution in [2.45, 2.75) is 6.54 Å². The summed E-state index contributed by atoms with van der Waals surface area (Å²) in [4.78, 5) is 25.6. The topological polar surface area (TPSA) is 54.3 Å². The maximum Gasteiger partial charge on any atom is 0.272 e. The Balaban J connectivity index is 1.40. The molecule has 0 bridgehead atoms. The fraction of sp³-hybridized carbons (Fsp3) is 0.316. The summed E-state index contributed by atoms with van der Waals surface area (Å²) in [5, 5.41) is 0. The van der Waals surface area contributed by atoms with Gasteiger partial charge in [-0.2, -0.15) is 0 Å². The Morgan fingerprint density at radius 2 is 1.80 bits per heavy atom. The van der Waals surface area contributed by atoms with Crippen LogP contribution in [0.3, 0.4) is 0 Å². The predicted molar refractivity (Wildman–Crippen MR) is 96.1 cm³/mol. The highest BCUT2D eigenvalue weighted by Gasteiger charge is 2.23. The van der Waals surface area contributed by atoms with Crippen molar-refractivity contribution in [3.05, 3.63) is 60.2 Å². The minimum absolute atomic E-state index is 0.0166. The molecule has 0 N–H and O–H groups in total. The van der Waals surface area contributed by atoms with Crippen molar-refractivity contribution in [3.8, 4) is 0 Å². The second kappa shape index (κ2) is 6.64. The molecule has 1 aliphatic heterocycles. The van der Waals surface area contributed by atoms with Gasteiger partial charge in [0.2, 0.25) is 0 Å². The number of hydrogen-bond acceptors (Lipinski definition) is 4. The van der Waals surface area contributed by atoms with Crippen LogP contribution in [0.25, 0.3) is 11.0 Å². The number of rotatable bonds is 3. The average Bonchev–Trinajstić information content (AvgIpc) is 2.98. The third-order valence-corrected chi connectivity index (χ3v) is 4.79. The summed E-state index contributed by atoms with van der Waals surface area (Å²) >= 11 is 0. The van der Waals surface area contributed by atoms with Crippen molar-refractivity contribution in [3.63, 3.8) is 0 Å². The van der Waals surface area contributed by atoms with Gasteiger partial charge < -0.3 is 9.47 Å². The fourth-order valence-corrected chi connectivity index (χ4v) is 3.30. The predicted octanol–water partition coefficient (Wildman–Crippen LogP) is 1.93. The third kappa shape index (κ3) is 3.13. The van der Waals surface area contributed by atoms with Gasteiger partial charge in [-0.25, -0.2) is 4.98 Å². The van der Waals surface area contributed by atoms with Crippen LogP contribution in [0.15, 0.2) is 48.7 Å². The number of para-hydroxylation sites is 2. The number of carbonyl (C=O) groups excluding carboxylic acids is 1. The Kier molecular flexibility index (Phi) is 4.19. The number of piperazine rings is 1. The van der Waals surface area contributed by atoms with Gasteiger partial charge in [-0.1, -0.05) is 18.2 Å². The molecule has 2 aromatic heterocycles. The summed E-state index contributed by atoms with van der Waals surface area (Å²) in [6, 6.07) is 13.6. The molecule has 3 aromatic rings. The number of amides is 1. The maximum absolute atomic E-state index is 12.5. The first-order valence-corrected chi connectivity index (χ1v) is 8.55. The highest BCUT2D eigenvalue weighted by Crippen LogP contribution is 2.16. The fourth-order valence-electron chi connectivity index (χ4n) is 3.30. The van der Waals surface area contributed by atoms with Gasteiger partial charge in [0, 0.05) is 39.4 Å². The smallest absolute Gasteiger partial charge is 0.272 e. The Hall–Kier alpha value is -2.73. The molecule has 0 saturated carbocycles. The van der Waals surface area contributed by atoms with E-state index >= 15 is 0 Å². The van der Waals surface area contributed by atoms with Crippen LogP contribution in [0.4, 0.5) is 0 Å². The molecule has 1 saturated heterocycles. The van der Waals surface area contributed by atoms with E-state index < -0.39 is 0 Å². The lowest BCUT2D eigenvalue weighted by Crippen LogP contribution is -2.48. The largest absolute Gasteiger partial charge is 0.335 e. The SMILES string of the molecule is Cn1c(CN2CCN(C(=O)c3ccccn3)CC2)nc2ccccc21. The molecule has 0 radical (unpaired) electrons. The first kappa shape index (κ1) is 15.8. The molecule has 3 heterocycles. The van der Waals surface area contributed by atoms with Crippen molar-refractivity contribution in [1.82, 2.24) is 24.3 Å². The van der Waals surface area contributed by atoms with E-state index in [0.717, 1.165) is 49.6 Å². The molecule has 1 aromatic carbocycles. The van der Waals surface area contributed by atoms with E-state index in [2.05, 4.69) is 27.6 Å². The van der Waals surface area contributed by atoms with Crippen molar-refractivity contribution in [1.29, 1.82) is 0 Å². The molecule has 1 fully saturated rings. The van der Waals surface area contributed by atoms with E-state index in [4.69, 9.17) is 4.98 Å². The van der Waals surface area contributed by atoms with Gasteiger partial charge in [0.25, 0.3) is 5.91 Å². The van der Waals surface area contributed by atoms with Crippen LogP contribution in [-0.4, -0.2) is 56.4 Å². The second-order valence-electron chi connectivity index (χ2n) is 6.36. The van der Waals surface area contributed by atoms with Crippen LogP contribution in [0.5, 0.6) is 0 Å². The average molecular weight is 335 g/mol. The molecular formula is C19H21N5O. The highest BCUT2D eigenvalue weighted by molar-refractivity contribution is 5.92. The standard InChI is InChI=1S/C19H21N5O/c1-22-17-8-3-2-6-15(17)21-18(22)14-23-10-12-24(13-11-23)19(25)16-7-4-5-9-20-16/h2-9H,10-14H2,1H3. The third-order valence-electron chi connectivity index (χ3n) is 4.79. The van der Waals surface area contributed by atoms with Gasteiger partial charge in [-0.05, 0) is 24.3 Å². The van der Waals surface area contributed by atoms with Crippen molar-refractivity contribution in [2.75, 3.05) is 26.2 Å². The minimum atomic E-state index is 0.0166. The molecule has 128 valence electrons. The van der Waals surface area contributed by atoms with Crippen LogP contribution in [0.2, 0.25) is 0 Å². The van der Waals surface area contributed by atoms with Crippen molar-refractivity contribution >= 4 is 16.9 Å². The number of aromatic nitrogens is 3. The number of hydrogen-bond donors (Lipinski definition) is 0. The Morgan fingerprint density at radius 1 is 1.04 bits per heavy atom. The molecule has 0 spiro atoms. The first-order valence-electron chi connectivity index (χ1n) is 8.55. The minimum Gasteiger partial charge on any atom is -0.335 e. The number of fused-ring (bicyclic) bond motifs is 1. The summed E-state index contributed by atoms with van der Waals surface area (Å²) < 4.78 is 2.15.